The van der Waals surface area contributed by atoms with Gasteiger partial charge in [0, 0.05) is 33.0 Å². The molecule has 1 fully saturated rings. The van der Waals surface area contributed by atoms with Crippen LogP contribution in [0.5, 0.6) is 0 Å². The molecule has 0 aromatic carbocycles. The number of hydrogen-bond donors (Lipinski definition) is 3. The third-order valence-corrected chi connectivity index (χ3v) is 3.39. The minimum Gasteiger partial charge on any atom is -0.381 e. The minimum atomic E-state index is -0.145. The van der Waals surface area contributed by atoms with Crippen molar-refractivity contribution in [2.24, 2.45) is 10.9 Å². The van der Waals surface area contributed by atoms with Gasteiger partial charge in [-0.3, -0.25) is 14.8 Å². The lowest BCUT2D eigenvalue weighted by atomic mass is 10.4. The van der Waals surface area contributed by atoms with E-state index in [-0.39, 0.29) is 36.4 Å². The Balaban J connectivity index is 0.00000288. The fourth-order valence-corrected chi connectivity index (χ4v) is 1.94. The molecule has 24 heavy (non-hydrogen) atoms. The van der Waals surface area contributed by atoms with E-state index in [0.29, 0.717) is 11.6 Å². The number of aromatic nitrogens is 1. The van der Waals surface area contributed by atoms with E-state index in [0.717, 1.165) is 32.1 Å². The molecule has 1 heterocycles. The van der Waals surface area contributed by atoms with Crippen LogP contribution in [0.3, 0.4) is 0 Å². The van der Waals surface area contributed by atoms with Gasteiger partial charge in [-0.05, 0) is 37.3 Å². The van der Waals surface area contributed by atoms with E-state index in [2.05, 4.69) is 25.9 Å². The Morgan fingerprint density at radius 2 is 2.25 bits per heavy atom. The van der Waals surface area contributed by atoms with Crippen LogP contribution in [0.4, 0.5) is 5.69 Å². The van der Waals surface area contributed by atoms with E-state index >= 15 is 0 Å². The molecule has 1 aromatic heterocycles. The molecule has 7 nitrogen and oxygen atoms in total. The summed E-state index contributed by atoms with van der Waals surface area (Å²) in [7, 11) is 1.68. The number of aliphatic imine (C=N–C) groups is 1. The Hall–Kier alpha value is -1.42. The van der Waals surface area contributed by atoms with Gasteiger partial charge in [-0.1, -0.05) is 0 Å². The Morgan fingerprint density at radius 1 is 1.42 bits per heavy atom. The molecular weight excluding hydrogens is 421 g/mol. The number of guanidine groups is 1. The molecule has 0 bridgehead atoms. The highest BCUT2D eigenvalue weighted by Gasteiger charge is 2.20. The second-order valence-electron chi connectivity index (χ2n) is 5.51. The van der Waals surface area contributed by atoms with Gasteiger partial charge in [0.15, 0.2) is 5.96 Å². The van der Waals surface area contributed by atoms with E-state index in [9.17, 15) is 4.79 Å². The molecule has 1 amide bonds. The largest absolute Gasteiger partial charge is 0.381 e. The highest BCUT2D eigenvalue weighted by Crippen LogP contribution is 2.28. The molecule has 2 rings (SSSR count). The summed E-state index contributed by atoms with van der Waals surface area (Å²) in [6.45, 7) is 2.55. The number of amides is 1. The number of pyridine rings is 1. The number of ether oxygens (including phenoxy) is 1. The molecule has 1 aliphatic carbocycles. The molecular formula is C16H26IN5O2. The molecule has 3 N–H and O–H groups in total. The fraction of sp³-hybridized carbons (Fsp3) is 0.562. The van der Waals surface area contributed by atoms with Crippen molar-refractivity contribution in [1.82, 2.24) is 15.6 Å². The molecule has 1 saturated carbocycles. The van der Waals surface area contributed by atoms with Crippen molar-refractivity contribution in [2.75, 3.05) is 38.7 Å². The van der Waals surface area contributed by atoms with Gasteiger partial charge < -0.3 is 20.7 Å². The first-order valence-electron chi connectivity index (χ1n) is 8.00. The van der Waals surface area contributed by atoms with Crippen LogP contribution < -0.4 is 16.0 Å². The van der Waals surface area contributed by atoms with Gasteiger partial charge in [-0.2, -0.15) is 0 Å². The quantitative estimate of drug-likeness (QED) is 0.232. The molecule has 0 unspecified atom stereocenters. The number of carbonyl (C=O) groups is 1. The predicted molar refractivity (Wildman–Crippen MR) is 106 cm³/mol. The van der Waals surface area contributed by atoms with E-state index in [1.54, 1.807) is 31.6 Å². The first-order valence-corrected chi connectivity index (χ1v) is 8.00. The van der Waals surface area contributed by atoms with Crippen LogP contribution in [0.25, 0.3) is 0 Å². The average molecular weight is 447 g/mol. The van der Waals surface area contributed by atoms with Gasteiger partial charge in [-0.15, -0.1) is 24.0 Å². The number of nitrogens with one attached hydrogen (secondary N) is 3. The van der Waals surface area contributed by atoms with Crippen LogP contribution >= 0.6 is 24.0 Å². The van der Waals surface area contributed by atoms with Crippen molar-refractivity contribution in [3.63, 3.8) is 0 Å². The Bertz CT molecular complexity index is 508. The molecule has 0 atom stereocenters. The number of nitrogens with zero attached hydrogens (tertiary/aromatic N) is 2. The van der Waals surface area contributed by atoms with Crippen molar-refractivity contribution in [2.45, 2.75) is 19.3 Å². The topological polar surface area (TPSA) is 87.6 Å². The standard InChI is InChI=1S/C16H25N5O2.HI/c1-17-16(19-8-3-9-23-12-13-5-6-13)20-11-15(22)21-14-4-2-7-18-10-14;/h2,4,7,10,13H,3,5-6,8-9,11-12H2,1H3,(H,21,22)(H2,17,19,20);1H. The van der Waals surface area contributed by atoms with Crippen LogP contribution in [-0.2, 0) is 9.53 Å². The summed E-state index contributed by atoms with van der Waals surface area (Å²) in [6.07, 6.45) is 6.81. The van der Waals surface area contributed by atoms with Gasteiger partial charge in [0.05, 0.1) is 18.4 Å². The van der Waals surface area contributed by atoms with E-state index in [1.807, 2.05) is 0 Å². The molecule has 1 aliphatic rings. The highest BCUT2D eigenvalue weighted by molar-refractivity contribution is 14.0. The zero-order chi connectivity index (χ0) is 16.3. The summed E-state index contributed by atoms with van der Waals surface area (Å²) in [5.74, 6) is 1.26. The maximum Gasteiger partial charge on any atom is 0.243 e. The molecule has 0 radical (unpaired) electrons. The summed E-state index contributed by atoms with van der Waals surface area (Å²) in [6, 6.07) is 3.56. The maximum absolute atomic E-state index is 11.8. The van der Waals surface area contributed by atoms with Gasteiger partial charge >= 0.3 is 0 Å². The lowest BCUT2D eigenvalue weighted by Crippen LogP contribution is -2.41. The van der Waals surface area contributed by atoms with Gasteiger partial charge in [0.2, 0.25) is 5.91 Å². The van der Waals surface area contributed by atoms with Crippen molar-refractivity contribution in [1.29, 1.82) is 0 Å². The van der Waals surface area contributed by atoms with Crippen molar-refractivity contribution < 1.29 is 9.53 Å². The fourth-order valence-electron chi connectivity index (χ4n) is 1.94. The van der Waals surface area contributed by atoms with Gasteiger partial charge in [0.25, 0.3) is 0 Å². The first-order chi connectivity index (χ1) is 11.3. The van der Waals surface area contributed by atoms with Crippen molar-refractivity contribution >= 4 is 41.5 Å². The van der Waals surface area contributed by atoms with Crippen LogP contribution in [0, 0.1) is 5.92 Å². The first kappa shape index (κ1) is 20.6. The summed E-state index contributed by atoms with van der Waals surface area (Å²) >= 11 is 0. The highest BCUT2D eigenvalue weighted by atomic mass is 127. The van der Waals surface area contributed by atoms with Gasteiger partial charge in [-0.25, -0.2) is 0 Å². The lowest BCUT2D eigenvalue weighted by molar-refractivity contribution is -0.115. The number of halogens is 1. The van der Waals surface area contributed by atoms with E-state index < -0.39 is 0 Å². The molecule has 0 saturated heterocycles. The van der Waals surface area contributed by atoms with Crippen LogP contribution in [0.1, 0.15) is 19.3 Å². The smallest absolute Gasteiger partial charge is 0.243 e. The van der Waals surface area contributed by atoms with Crippen LogP contribution in [-0.4, -0.2) is 50.2 Å². The third-order valence-electron chi connectivity index (χ3n) is 3.39. The summed E-state index contributed by atoms with van der Waals surface area (Å²) in [4.78, 5) is 19.8. The molecule has 8 heteroatoms. The summed E-state index contributed by atoms with van der Waals surface area (Å²) in [5, 5.41) is 8.89. The average Bonchev–Trinajstić information content (AvgIpc) is 3.38. The molecule has 0 spiro atoms. The number of hydrogen-bond acceptors (Lipinski definition) is 4. The van der Waals surface area contributed by atoms with Crippen LogP contribution in [0.2, 0.25) is 0 Å². The molecule has 1 aromatic rings. The second-order valence-corrected chi connectivity index (χ2v) is 5.51. The third kappa shape index (κ3) is 9.02. The molecule has 0 aliphatic heterocycles. The number of rotatable bonds is 9. The van der Waals surface area contributed by atoms with Crippen LogP contribution in [0.15, 0.2) is 29.5 Å². The maximum atomic E-state index is 11.8. The number of anilines is 1. The Morgan fingerprint density at radius 3 is 2.92 bits per heavy atom. The van der Waals surface area contributed by atoms with Gasteiger partial charge in [0.1, 0.15) is 0 Å². The minimum absolute atomic E-state index is 0. The predicted octanol–water partition coefficient (Wildman–Crippen LogP) is 1.62. The Labute approximate surface area is 160 Å². The second kappa shape index (κ2) is 12.0. The normalized spacial score (nSPS) is 13.8. The molecule has 134 valence electrons. The zero-order valence-corrected chi connectivity index (χ0v) is 16.3. The monoisotopic (exact) mass is 447 g/mol. The zero-order valence-electron chi connectivity index (χ0n) is 14.0. The van der Waals surface area contributed by atoms with E-state index in [4.69, 9.17) is 4.74 Å². The summed E-state index contributed by atoms with van der Waals surface area (Å²) in [5.41, 5.74) is 0.676. The Kier molecular flexibility index (Phi) is 10.3. The summed E-state index contributed by atoms with van der Waals surface area (Å²) < 4.78 is 5.57. The van der Waals surface area contributed by atoms with Crippen molar-refractivity contribution in [3.05, 3.63) is 24.5 Å². The van der Waals surface area contributed by atoms with Crippen molar-refractivity contribution in [3.8, 4) is 0 Å². The number of carbonyl (C=O) groups excluding carboxylic acids is 1. The van der Waals surface area contributed by atoms with E-state index in [1.165, 1.54) is 12.8 Å². The lowest BCUT2D eigenvalue weighted by Gasteiger charge is -2.12. The SMILES string of the molecule is CN=C(NCCCOCC1CC1)NCC(=O)Nc1cccnc1.I.